The van der Waals surface area contributed by atoms with Gasteiger partial charge in [0.15, 0.2) is 6.10 Å². The number of piperidine rings is 1. The lowest BCUT2D eigenvalue weighted by Crippen LogP contribution is -2.42. The Labute approximate surface area is 151 Å². The first-order valence-corrected chi connectivity index (χ1v) is 8.84. The largest absolute Gasteiger partial charge is 0.367 e. The molecule has 0 radical (unpaired) electrons. The molecule has 1 aromatic carbocycles. The molecule has 1 amide bonds. The molecule has 6 nitrogen and oxygen atoms in total. The molecule has 1 aromatic heterocycles. The van der Waals surface area contributed by atoms with Crippen molar-refractivity contribution in [3.05, 3.63) is 52.1 Å². The molecule has 1 atom stereocenters. The molecule has 1 unspecified atom stereocenters. The maximum absolute atomic E-state index is 11.8. The molecule has 0 bridgehead atoms. The van der Waals surface area contributed by atoms with Crippen molar-refractivity contribution in [3.63, 3.8) is 0 Å². The minimum Gasteiger partial charge on any atom is -0.367 e. The second-order valence-corrected chi connectivity index (χ2v) is 7.33. The van der Waals surface area contributed by atoms with E-state index >= 15 is 0 Å². The number of amides is 1. The van der Waals surface area contributed by atoms with E-state index in [-0.39, 0.29) is 0 Å². The summed E-state index contributed by atoms with van der Waals surface area (Å²) in [5, 5.41) is 0.655. The van der Waals surface area contributed by atoms with Crippen LogP contribution in [0.5, 0.6) is 0 Å². The van der Waals surface area contributed by atoms with Gasteiger partial charge in [-0.25, -0.2) is 4.98 Å². The van der Waals surface area contributed by atoms with Crippen molar-refractivity contribution < 1.29 is 9.53 Å². The average molecular weight is 361 g/mol. The Morgan fingerprint density at radius 2 is 2.24 bits per heavy atom. The fourth-order valence-electron chi connectivity index (χ4n) is 3.97. The van der Waals surface area contributed by atoms with Gasteiger partial charge in [0.2, 0.25) is 0 Å². The second kappa shape index (κ2) is 6.12. The molecule has 1 saturated heterocycles. The number of aryl methyl sites for hydroxylation is 1. The molecular formula is C18H21ClN4O2. The molecule has 25 heavy (non-hydrogen) atoms. The number of carbonyl (C=O) groups excluding carboxylic acids is 1. The summed E-state index contributed by atoms with van der Waals surface area (Å²) in [6.07, 6.45) is 2.80. The fraction of sp³-hybridized carbons (Fsp3) is 0.444. The monoisotopic (exact) mass is 360 g/mol. The second-order valence-electron chi connectivity index (χ2n) is 6.90. The summed E-state index contributed by atoms with van der Waals surface area (Å²) in [5.74, 6) is 0.478. The van der Waals surface area contributed by atoms with E-state index in [1.54, 1.807) is 6.07 Å². The third-order valence-corrected chi connectivity index (χ3v) is 5.44. The fourth-order valence-corrected chi connectivity index (χ4v) is 4.14. The smallest absolute Gasteiger partial charge is 0.251 e. The van der Waals surface area contributed by atoms with Gasteiger partial charge in [-0.15, -0.1) is 0 Å². The molecule has 2 aromatic rings. The zero-order valence-corrected chi connectivity index (χ0v) is 14.8. The van der Waals surface area contributed by atoms with Gasteiger partial charge in [0.05, 0.1) is 5.60 Å². The lowest BCUT2D eigenvalue weighted by atomic mass is 9.83. The van der Waals surface area contributed by atoms with Gasteiger partial charge in [-0.2, -0.15) is 0 Å². The molecule has 3 heterocycles. The van der Waals surface area contributed by atoms with E-state index in [9.17, 15) is 4.79 Å². The van der Waals surface area contributed by atoms with E-state index < -0.39 is 17.6 Å². The molecule has 132 valence electrons. The van der Waals surface area contributed by atoms with Gasteiger partial charge >= 0.3 is 0 Å². The zero-order chi connectivity index (χ0) is 17.6. The van der Waals surface area contributed by atoms with Crippen LogP contribution < -0.4 is 5.73 Å². The molecule has 2 aliphatic rings. The highest BCUT2D eigenvalue weighted by Gasteiger charge is 2.48. The quantitative estimate of drug-likeness (QED) is 0.880. The van der Waals surface area contributed by atoms with Crippen LogP contribution in [0.2, 0.25) is 5.02 Å². The first-order chi connectivity index (χ1) is 12.0. The predicted octanol–water partition coefficient (Wildman–Crippen LogP) is 2.42. The minimum absolute atomic E-state index is 0.448. The predicted molar refractivity (Wildman–Crippen MR) is 94.0 cm³/mol. The van der Waals surface area contributed by atoms with E-state index in [1.807, 2.05) is 25.3 Å². The van der Waals surface area contributed by atoms with Crippen molar-refractivity contribution >= 4 is 17.5 Å². The number of H-pyrrole nitrogens is 1. The molecule has 1 spiro atoms. The summed E-state index contributed by atoms with van der Waals surface area (Å²) in [6, 6.07) is 5.57. The molecule has 2 aliphatic heterocycles. The molecular weight excluding hydrogens is 340 g/mol. The Morgan fingerprint density at radius 1 is 1.48 bits per heavy atom. The lowest BCUT2D eigenvalue weighted by Gasteiger charge is -2.39. The van der Waals surface area contributed by atoms with Crippen molar-refractivity contribution in [2.75, 3.05) is 13.1 Å². The normalized spacial score (nSPS) is 22.2. The van der Waals surface area contributed by atoms with E-state index in [2.05, 4.69) is 14.9 Å². The third kappa shape index (κ3) is 2.94. The summed E-state index contributed by atoms with van der Waals surface area (Å²) < 4.78 is 6.20. The van der Waals surface area contributed by atoms with Gasteiger partial charge in [0.1, 0.15) is 5.82 Å². The number of rotatable bonds is 3. The number of nitrogens with one attached hydrogen (secondary N) is 1. The SMILES string of the molecule is Cc1ncc(CN2CCC3(CC2)OC(C(N)=O)c2ccc(Cl)cc23)[nH]1. The van der Waals surface area contributed by atoms with Gasteiger partial charge < -0.3 is 15.5 Å². The Morgan fingerprint density at radius 3 is 2.88 bits per heavy atom. The highest BCUT2D eigenvalue weighted by atomic mass is 35.5. The number of benzene rings is 1. The number of imidazole rings is 1. The molecule has 0 saturated carbocycles. The number of hydrogen-bond donors (Lipinski definition) is 2. The lowest BCUT2D eigenvalue weighted by molar-refractivity contribution is -0.148. The van der Waals surface area contributed by atoms with Gasteiger partial charge in [0.25, 0.3) is 5.91 Å². The van der Waals surface area contributed by atoms with E-state index in [0.29, 0.717) is 5.02 Å². The first kappa shape index (κ1) is 16.6. The van der Waals surface area contributed by atoms with Gasteiger partial charge in [-0.1, -0.05) is 17.7 Å². The number of aromatic nitrogens is 2. The summed E-state index contributed by atoms with van der Waals surface area (Å²) in [5.41, 5.74) is 8.06. The van der Waals surface area contributed by atoms with Crippen molar-refractivity contribution in [1.29, 1.82) is 0 Å². The molecule has 7 heteroatoms. The maximum atomic E-state index is 11.8. The van der Waals surface area contributed by atoms with Crippen LogP contribution in [0, 0.1) is 6.92 Å². The number of aromatic amines is 1. The van der Waals surface area contributed by atoms with Crippen LogP contribution >= 0.6 is 11.6 Å². The topological polar surface area (TPSA) is 84.2 Å². The molecule has 4 rings (SSSR count). The molecule has 0 aliphatic carbocycles. The van der Waals surface area contributed by atoms with Crippen molar-refractivity contribution in [3.8, 4) is 0 Å². The number of primary amides is 1. The van der Waals surface area contributed by atoms with Gasteiger partial charge in [-0.05, 0) is 43.0 Å². The van der Waals surface area contributed by atoms with Crippen LogP contribution in [0.4, 0.5) is 0 Å². The Hall–Kier alpha value is -1.89. The summed E-state index contributed by atoms with van der Waals surface area (Å²) in [7, 11) is 0. The van der Waals surface area contributed by atoms with E-state index in [0.717, 1.165) is 55.1 Å². The number of likely N-dealkylation sites (tertiary alicyclic amines) is 1. The number of nitrogens with two attached hydrogens (primary N) is 1. The average Bonchev–Trinajstić information content (AvgIpc) is 3.12. The minimum atomic E-state index is -0.686. The Kier molecular flexibility index (Phi) is 4.06. The number of hydrogen-bond acceptors (Lipinski definition) is 4. The summed E-state index contributed by atoms with van der Waals surface area (Å²) >= 11 is 6.20. The van der Waals surface area contributed by atoms with Gasteiger partial charge in [-0.3, -0.25) is 9.69 Å². The van der Waals surface area contributed by atoms with Crippen molar-refractivity contribution in [2.45, 2.75) is 38.0 Å². The number of ether oxygens (including phenoxy) is 1. The van der Waals surface area contributed by atoms with Crippen LogP contribution in [0.25, 0.3) is 0 Å². The van der Waals surface area contributed by atoms with E-state index in [4.69, 9.17) is 22.1 Å². The number of fused-ring (bicyclic) bond motifs is 2. The van der Waals surface area contributed by atoms with Gasteiger partial charge in [0, 0.05) is 36.5 Å². The molecule has 1 fully saturated rings. The summed E-state index contributed by atoms with van der Waals surface area (Å²) in [4.78, 5) is 21.7. The van der Waals surface area contributed by atoms with Crippen LogP contribution in [0.15, 0.2) is 24.4 Å². The highest BCUT2D eigenvalue weighted by Crippen LogP contribution is 2.50. The van der Waals surface area contributed by atoms with E-state index in [1.165, 1.54) is 0 Å². The zero-order valence-electron chi connectivity index (χ0n) is 14.1. The van der Waals surface area contributed by atoms with Crippen LogP contribution in [0.1, 0.15) is 41.6 Å². The van der Waals surface area contributed by atoms with Crippen molar-refractivity contribution in [1.82, 2.24) is 14.9 Å². The van der Waals surface area contributed by atoms with Crippen molar-refractivity contribution in [2.24, 2.45) is 5.73 Å². The van der Waals surface area contributed by atoms with Crippen LogP contribution in [0.3, 0.4) is 0 Å². The third-order valence-electron chi connectivity index (χ3n) is 5.20. The Balaban J connectivity index is 1.54. The Bertz CT molecular complexity index is 811. The number of nitrogens with zero attached hydrogens (tertiary/aromatic N) is 2. The summed E-state index contributed by atoms with van der Waals surface area (Å²) in [6.45, 7) is 4.52. The van der Waals surface area contributed by atoms with Crippen LogP contribution in [-0.4, -0.2) is 33.9 Å². The standard InChI is InChI=1S/C18H21ClN4O2/c1-11-21-9-13(22-11)10-23-6-4-18(5-7-23)15-8-12(19)2-3-14(15)16(25-18)17(20)24/h2-3,8-9,16H,4-7,10H2,1H3,(H2,20,24)(H,21,22). The first-order valence-electron chi connectivity index (χ1n) is 8.47. The van der Waals surface area contributed by atoms with Crippen LogP contribution in [-0.2, 0) is 21.7 Å². The number of halogens is 1. The molecule has 3 N–H and O–H groups in total. The maximum Gasteiger partial charge on any atom is 0.251 e. The highest BCUT2D eigenvalue weighted by molar-refractivity contribution is 6.30. The number of carbonyl (C=O) groups is 1.